The molecule has 0 aliphatic heterocycles. The molecule has 1 heterocycles. The maximum atomic E-state index is 13.9. The molecule has 1 aromatic carbocycles. The summed E-state index contributed by atoms with van der Waals surface area (Å²) in [6, 6.07) is 5.86. The quantitative estimate of drug-likeness (QED) is 0.733. The van der Waals surface area contributed by atoms with Crippen LogP contribution < -0.4 is 0 Å². The lowest BCUT2D eigenvalue weighted by atomic mass is 10.0. The third kappa shape index (κ3) is 2.13. The normalized spacial score (nSPS) is 11.5. The van der Waals surface area contributed by atoms with Gasteiger partial charge < -0.3 is 0 Å². The van der Waals surface area contributed by atoms with Crippen molar-refractivity contribution in [2.24, 2.45) is 0 Å². The van der Waals surface area contributed by atoms with Gasteiger partial charge in [0.05, 0.1) is 5.56 Å². The highest BCUT2D eigenvalue weighted by Crippen LogP contribution is 2.35. The molecule has 0 amide bonds. The van der Waals surface area contributed by atoms with Gasteiger partial charge in [0.15, 0.2) is 0 Å². The Morgan fingerprint density at radius 2 is 1.76 bits per heavy atom. The van der Waals surface area contributed by atoms with Gasteiger partial charge in [-0.05, 0) is 24.3 Å². The van der Waals surface area contributed by atoms with Gasteiger partial charge in [0.2, 0.25) is 0 Å². The SMILES string of the molecule is Fc1ccc(C(F)(F)c2ccccn2)c(F)c1. The summed E-state index contributed by atoms with van der Waals surface area (Å²) in [5, 5.41) is 0. The molecule has 0 aliphatic carbocycles. The minimum Gasteiger partial charge on any atom is -0.255 e. The summed E-state index contributed by atoms with van der Waals surface area (Å²) < 4.78 is 53.6. The maximum absolute atomic E-state index is 13.9. The zero-order chi connectivity index (χ0) is 12.5. The fraction of sp³-hybridized carbons (Fsp3) is 0.0833. The van der Waals surface area contributed by atoms with Crippen LogP contribution in [0.4, 0.5) is 17.6 Å². The molecule has 0 bridgehead atoms. The molecule has 0 unspecified atom stereocenters. The van der Waals surface area contributed by atoms with E-state index >= 15 is 0 Å². The van der Waals surface area contributed by atoms with Crippen molar-refractivity contribution in [3.8, 4) is 0 Å². The molecule has 2 rings (SSSR count). The molecule has 5 heteroatoms. The first-order valence-electron chi connectivity index (χ1n) is 4.76. The molecule has 1 aromatic heterocycles. The van der Waals surface area contributed by atoms with Crippen LogP contribution in [0, 0.1) is 11.6 Å². The second-order valence-electron chi connectivity index (χ2n) is 3.41. The second-order valence-corrected chi connectivity index (χ2v) is 3.41. The number of alkyl halides is 2. The molecule has 88 valence electrons. The summed E-state index contributed by atoms with van der Waals surface area (Å²) in [5.41, 5.74) is -1.47. The number of pyridine rings is 1. The molecular formula is C12H7F4N. The van der Waals surface area contributed by atoms with Gasteiger partial charge in [0.1, 0.15) is 17.3 Å². The zero-order valence-corrected chi connectivity index (χ0v) is 8.50. The minimum absolute atomic E-state index is 0.423. The van der Waals surface area contributed by atoms with Crippen LogP contribution in [0.15, 0.2) is 42.6 Å². The number of hydrogen-bond acceptors (Lipinski definition) is 1. The first-order chi connectivity index (χ1) is 8.01. The summed E-state index contributed by atoms with van der Waals surface area (Å²) in [6.45, 7) is 0. The van der Waals surface area contributed by atoms with Crippen molar-refractivity contribution in [3.05, 3.63) is 65.5 Å². The Morgan fingerprint density at radius 1 is 1.00 bits per heavy atom. The van der Waals surface area contributed by atoms with E-state index < -0.39 is 28.8 Å². The molecular weight excluding hydrogens is 234 g/mol. The highest BCUT2D eigenvalue weighted by Gasteiger charge is 2.38. The number of benzene rings is 1. The maximum Gasteiger partial charge on any atom is 0.317 e. The molecule has 0 saturated heterocycles. The highest BCUT2D eigenvalue weighted by molar-refractivity contribution is 5.30. The van der Waals surface area contributed by atoms with Gasteiger partial charge in [-0.15, -0.1) is 0 Å². The summed E-state index contributed by atoms with van der Waals surface area (Å²) >= 11 is 0. The van der Waals surface area contributed by atoms with Crippen molar-refractivity contribution in [2.75, 3.05) is 0 Å². The monoisotopic (exact) mass is 241 g/mol. The van der Waals surface area contributed by atoms with Gasteiger partial charge >= 0.3 is 5.92 Å². The fourth-order valence-electron chi connectivity index (χ4n) is 1.43. The van der Waals surface area contributed by atoms with E-state index in [1.165, 1.54) is 18.3 Å². The van der Waals surface area contributed by atoms with Gasteiger partial charge in [-0.3, -0.25) is 4.98 Å². The molecule has 17 heavy (non-hydrogen) atoms. The van der Waals surface area contributed by atoms with E-state index in [1.807, 2.05) is 0 Å². The molecule has 0 spiro atoms. The predicted molar refractivity (Wildman–Crippen MR) is 53.6 cm³/mol. The molecule has 0 radical (unpaired) electrons. The Balaban J connectivity index is 2.52. The number of rotatable bonds is 2. The lowest BCUT2D eigenvalue weighted by molar-refractivity contribution is 0.0340. The van der Waals surface area contributed by atoms with Gasteiger partial charge in [-0.25, -0.2) is 8.78 Å². The van der Waals surface area contributed by atoms with Crippen LogP contribution in [0.2, 0.25) is 0 Å². The van der Waals surface area contributed by atoms with Crippen LogP contribution in [0.5, 0.6) is 0 Å². The third-order valence-electron chi connectivity index (χ3n) is 2.26. The average Bonchev–Trinajstić information content (AvgIpc) is 2.29. The van der Waals surface area contributed by atoms with Gasteiger partial charge in [0, 0.05) is 12.3 Å². The van der Waals surface area contributed by atoms with Crippen molar-refractivity contribution in [2.45, 2.75) is 5.92 Å². The number of nitrogens with zero attached hydrogens (tertiary/aromatic N) is 1. The first kappa shape index (κ1) is 11.6. The Hall–Kier alpha value is -1.91. The van der Waals surface area contributed by atoms with E-state index in [1.54, 1.807) is 0 Å². The topological polar surface area (TPSA) is 12.9 Å². The number of hydrogen-bond donors (Lipinski definition) is 0. The molecule has 0 saturated carbocycles. The highest BCUT2D eigenvalue weighted by atomic mass is 19.3. The summed E-state index contributed by atoms with van der Waals surface area (Å²) in [7, 11) is 0. The molecule has 2 aromatic rings. The lowest BCUT2D eigenvalue weighted by Gasteiger charge is -2.16. The average molecular weight is 241 g/mol. The van der Waals surface area contributed by atoms with Crippen LogP contribution in [0.3, 0.4) is 0 Å². The smallest absolute Gasteiger partial charge is 0.255 e. The molecule has 0 atom stereocenters. The van der Waals surface area contributed by atoms with E-state index in [0.29, 0.717) is 6.07 Å². The van der Waals surface area contributed by atoms with Crippen molar-refractivity contribution in [1.82, 2.24) is 4.98 Å². The van der Waals surface area contributed by atoms with Gasteiger partial charge in [0.25, 0.3) is 0 Å². The second kappa shape index (κ2) is 4.16. The van der Waals surface area contributed by atoms with Gasteiger partial charge in [-0.1, -0.05) is 6.07 Å². The Labute approximate surface area is 94.7 Å². The zero-order valence-electron chi connectivity index (χ0n) is 8.50. The Morgan fingerprint density at radius 3 is 2.35 bits per heavy atom. The number of aromatic nitrogens is 1. The summed E-state index contributed by atoms with van der Waals surface area (Å²) in [5.74, 6) is -5.78. The predicted octanol–water partition coefficient (Wildman–Crippen LogP) is 3.50. The Kier molecular flexibility index (Phi) is 2.83. The van der Waals surface area contributed by atoms with E-state index in [-0.39, 0.29) is 0 Å². The molecule has 0 fully saturated rings. The van der Waals surface area contributed by atoms with Crippen molar-refractivity contribution < 1.29 is 17.6 Å². The lowest BCUT2D eigenvalue weighted by Crippen LogP contribution is -2.18. The van der Waals surface area contributed by atoms with E-state index in [4.69, 9.17) is 0 Å². The van der Waals surface area contributed by atoms with Crippen LogP contribution >= 0.6 is 0 Å². The summed E-state index contributed by atoms with van der Waals surface area (Å²) in [4.78, 5) is 3.48. The third-order valence-corrected chi connectivity index (χ3v) is 2.26. The largest absolute Gasteiger partial charge is 0.317 e. The van der Waals surface area contributed by atoms with Crippen LogP contribution in [0.1, 0.15) is 11.3 Å². The van der Waals surface area contributed by atoms with Crippen LogP contribution in [0.25, 0.3) is 0 Å². The van der Waals surface area contributed by atoms with E-state index in [2.05, 4.69) is 4.98 Å². The summed E-state index contributed by atoms with van der Waals surface area (Å²) in [6.07, 6.45) is 1.19. The minimum atomic E-state index is -3.58. The van der Waals surface area contributed by atoms with Crippen LogP contribution in [-0.2, 0) is 5.92 Å². The Bertz CT molecular complexity index is 525. The number of halogens is 4. The van der Waals surface area contributed by atoms with Crippen molar-refractivity contribution in [1.29, 1.82) is 0 Å². The first-order valence-corrected chi connectivity index (χ1v) is 4.76. The van der Waals surface area contributed by atoms with Gasteiger partial charge in [-0.2, -0.15) is 8.78 Å². The van der Waals surface area contributed by atoms with Crippen LogP contribution in [-0.4, -0.2) is 4.98 Å². The van der Waals surface area contributed by atoms with Crippen molar-refractivity contribution in [3.63, 3.8) is 0 Å². The van der Waals surface area contributed by atoms with Crippen molar-refractivity contribution >= 4 is 0 Å². The van der Waals surface area contributed by atoms with E-state index in [9.17, 15) is 17.6 Å². The molecule has 0 N–H and O–H groups in total. The standard InChI is InChI=1S/C12H7F4N/c13-8-4-5-9(10(14)7-8)12(15,16)11-3-1-2-6-17-11/h1-7H. The molecule has 1 nitrogen and oxygen atoms in total. The fourth-order valence-corrected chi connectivity index (χ4v) is 1.43. The van der Waals surface area contributed by atoms with E-state index in [0.717, 1.165) is 18.2 Å². The molecule has 0 aliphatic rings.